The van der Waals surface area contributed by atoms with Crippen molar-refractivity contribution in [2.45, 2.75) is 17.2 Å². The van der Waals surface area contributed by atoms with Crippen LogP contribution in [0.5, 0.6) is 0 Å². The summed E-state index contributed by atoms with van der Waals surface area (Å²) in [7, 11) is 0. The van der Waals surface area contributed by atoms with Crippen LogP contribution in [0, 0.1) is 5.92 Å². The number of hydrogen-bond donors (Lipinski definition) is 1. The zero-order chi connectivity index (χ0) is 15.4. The first-order valence-electron chi connectivity index (χ1n) is 7.30. The number of nitrogens with zero attached hydrogens (tertiary/aromatic N) is 1. The molecule has 2 atom stereocenters. The summed E-state index contributed by atoms with van der Waals surface area (Å²) in [4.78, 5) is 13.3. The average Bonchev–Trinajstić information content (AvgIpc) is 3.37. The predicted molar refractivity (Wildman–Crippen MR) is 91.2 cm³/mol. The molecule has 1 N–H and O–H groups in total. The van der Waals surface area contributed by atoms with E-state index in [4.69, 9.17) is 0 Å². The van der Waals surface area contributed by atoms with Crippen molar-refractivity contribution in [2.24, 2.45) is 11.0 Å². The molecule has 0 unspecified atom stereocenters. The van der Waals surface area contributed by atoms with Crippen molar-refractivity contribution in [1.29, 1.82) is 0 Å². The third kappa shape index (κ3) is 3.57. The number of amides is 1. The molecule has 1 saturated carbocycles. The fourth-order valence-corrected chi connectivity index (χ4v) is 2.90. The molecule has 1 aliphatic carbocycles. The Balaban J connectivity index is 1.51. The van der Waals surface area contributed by atoms with Crippen LogP contribution in [0.3, 0.4) is 0 Å². The summed E-state index contributed by atoms with van der Waals surface area (Å²) in [6.07, 6.45) is 4.64. The van der Waals surface area contributed by atoms with E-state index in [1.54, 1.807) is 18.0 Å². The Hall–Kier alpha value is -2.07. The minimum Gasteiger partial charge on any atom is -0.273 e. The Bertz CT molecular complexity index is 667. The summed E-state index contributed by atoms with van der Waals surface area (Å²) in [6.45, 7) is 0. The molecule has 1 amide bonds. The SMILES string of the molecule is CSc1ccc(/C=N\NC(=O)[C@H]2C[C@@H]2c2ccccc2)cc1. The zero-order valence-corrected chi connectivity index (χ0v) is 13.2. The Morgan fingerprint density at radius 3 is 2.59 bits per heavy atom. The molecule has 0 aliphatic heterocycles. The number of benzene rings is 2. The van der Waals surface area contributed by atoms with Gasteiger partial charge in [-0.2, -0.15) is 5.10 Å². The zero-order valence-electron chi connectivity index (χ0n) is 12.4. The van der Waals surface area contributed by atoms with Gasteiger partial charge in [0, 0.05) is 10.8 Å². The summed E-state index contributed by atoms with van der Waals surface area (Å²) in [5.41, 5.74) is 4.86. The lowest BCUT2D eigenvalue weighted by Gasteiger charge is -2.00. The van der Waals surface area contributed by atoms with Gasteiger partial charge in [0.25, 0.3) is 0 Å². The van der Waals surface area contributed by atoms with E-state index in [2.05, 4.69) is 22.7 Å². The Kier molecular flexibility index (Phi) is 4.59. The van der Waals surface area contributed by atoms with E-state index in [1.165, 1.54) is 10.5 Å². The molecule has 3 nitrogen and oxygen atoms in total. The van der Waals surface area contributed by atoms with Crippen LogP contribution in [0.25, 0.3) is 0 Å². The van der Waals surface area contributed by atoms with Crippen LogP contribution in [0.1, 0.15) is 23.5 Å². The summed E-state index contributed by atoms with van der Waals surface area (Å²) >= 11 is 1.70. The largest absolute Gasteiger partial charge is 0.273 e. The van der Waals surface area contributed by atoms with Crippen LogP contribution in [0.4, 0.5) is 0 Å². The van der Waals surface area contributed by atoms with Crippen molar-refractivity contribution < 1.29 is 4.79 Å². The third-order valence-electron chi connectivity index (χ3n) is 3.86. The molecule has 2 aromatic carbocycles. The lowest BCUT2D eigenvalue weighted by Crippen LogP contribution is -2.20. The van der Waals surface area contributed by atoms with Crippen LogP contribution < -0.4 is 5.43 Å². The fraction of sp³-hybridized carbons (Fsp3) is 0.222. The van der Waals surface area contributed by atoms with Gasteiger partial charge < -0.3 is 0 Å². The van der Waals surface area contributed by atoms with E-state index in [0.29, 0.717) is 5.92 Å². The van der Waals surface area contributed by atoms with Crippen LogP contribution in [-0.4, -0.2) is 18.4 Å². The van der Waals surface area contributed by atoms with Gasteiger partial charge in [0.1, 0.15) is 0 Å². The second-order valence-corrected chi connectivity index (χ2v) is 6.25. The van der Waals surface area contributed by atoms with Crippen molar-refractivity contribution in [3.8, 4) is 0 Å². The predicted octanol–water partition coefficient (Wildman–Crippen LogP) is 3.66. The second-order valence-electron chi connectivity index (χ2n) is 5.37. The molecule has 112 valence electrons. The van der Waals surface area contributed by atoms with Crippen molar-refractivity contribution in [1.82, 2.24) is 5.43 Å². The van der Waals surface area contributed by atoms with E-state index in [9.17, 15) is 4.79 Å². The lowest BCUT2D eigenvalue weighted by molar-refractivity contribution is -0.122. The maximum Gasteiger partial charge on any atom is 0.243 e. The molecule has 1 aliphatic rings. The van der Waals surface area contributed by atoms with Gasteiger partial charge in [0.15, 0.2) is 0 Å². The molecular weight excluding hydrogens is 292 g/mol. The summed E-state index contributed by atoms with van der Waals surface area (Å²) in [5, 5.41) is 4.06. The van der Waals surface area contributed by atoms with Gasteiger partial charge in [0.2, 0.25) is 5.91 Å². The maximum atomic E-state index is 12.1. The van der Waals surface area contributed by atoms with Crippen LogP contribution in [0.15, 0.2) is 64.6 Å². The van der Waals surface area contributed by atoms with Gasteiger partial charge in [-0.05, 0) is 41.9 Å². The number of hydrogen-bond acceptors (Lipinski definition) is 3. The van der Waals surface area contributed by atoms with E-state index >= 15 is 0 Å². The lowest BCUT2D eigenvalue weighted by atomic mass is 10.1. The molecule has 1 fully saturated rings. The molecule has 3 rings (SSSR count). The van der Waals surface area contributed by atoms with Crippen molar-refractivity contribution >= 4 is 23.9 Å². The smallest absolute Gasteiger partial charge is 0.243 e. The number of thioether (sulfide) groups is 1. The van der Waals surface area contributed by atoms with E-state index < -0.39 is 0 Å². The van der Waals surface area contributed by atoms with E-state index in [1.807, 2.05) is 48.7 Å². The maximum absolute atomic E-state index is 12.1. The highest BCUT2D eigenvalue weighted by atomic mass is 32.2. The first kappa shape index (κ1) is 14.9. The Morgan fingerprint density at radius 1 is 1.18 bits per heavy atom. The van der Waals surface area contributed by atoms with Crippen molar-refractivity contribution in [3.05, 3.63) is 65.7 Å². The molecule has 0 saturated heterocycles. The van der Waals surface area contributed by atoms with E-state index in [-0.39, 0.29) is 11.8 Å². The number of rotatable bonds is 5. The summed E-state index contributed by atoms with van der Waals surface area (Å²) < 4.78 is 0. The minimum atomic E-state index is 0.00540. The highest BCUT2D eigenvalue weighted by Crippen LogP contribution is 2.47. The van der Waals surface area contributed by atoms with Gasteiger partial charge in [-0.25, -0.2) is 5.43 Å². The molecule has 0 aromatic heterocycles. The molecule has 22 heavy (non-hydrogen) atoms. The topological polar surface area (TPSA) is 41.5 Å². The number of carbonyl (C=O) groups excluding carboxylic acids is 1. The molecule has 2 aromatic rings. The Morgan fingerprint density at radius 2 is 1.91 bits per heavy atom. The van der Waals surface area contributed by atoms with Gasteiger partial charge in [0.05, 0.1) is 6.21 Å². The number of carbonyl (C=O) groups is 1. The quantitative estimate of drug-likeness (QED) is 0.520. The number of nitrogens with one attached hydrogen (secondary N) is 1. The van der Waals surface area contributed by atoms with E-state index in [0.717, 1.165) is 12.0 Å². The highest BCUT2D eigenvalue weighted by Gasteiger charge is 2.43. The number of hydrazone groups is 1. The minimum absolute atomic E-state index is 0.00540. The molecule has 0 spiro atoms. The third-order valence-corrected chi connectivity index (χ3v) is 4.60. The normalized spacial score (nSPS) is 20.0. The fourth-order valence-electron chi connectivity index (χ4n) is 2.50. The highest BCUT2D eigenvalue weighted by molar-refractivity contribution is 7.98. The molecular formula is C18H18N2OS. The standard InChI is InChI=1S/C18H18N2OS/c1-22-15-9-7-13(8-10-15)12-19-20-18(21)17-11-16(17)14-5-3-2-4-6-14/h2-10,12,16-17H,11H2,1H3,(H,20,21)/b19-12-/t16-,17+/m1/s1. The van der Waals surface area contributed by atoms with Gasteiger partial charge in [-0.1, -0.05) is 42.5 Å². The first-order chi connectivity index (χ1) is 10.8. The molecule has 4 heteroatoms. The molecule has 0 bridgehead atoms. The van der Waals surface area contributed by atoms with Gasteiger partial charge in [-0.3, -0.25) is 4.79 Å². The first-order valence-corrected chi connectivity index (χ1v) is 8.52. The van der Waals surface area contributed by atoms with Crippen LogP contribution >= 0.6 is 11.8 Å². The summed E-state index contributed by atoms with van der Waals surface area (Å²) in [5.74, 6) is 0.404. The average molecular weight is 310 g/mol. The van der Waals surface area contributed by atoms with Gasteiger partial charge in [-0.15, -0.1) is 11.8 Å². The monoisotopic (exact) mass is 310 g/mol. The molecule has 0 heterocycles. The van der Waals surface area contributed by atoms with Crippen molar-refractivity contribution in [3.63, 3.8) is 0 Å². The van der Waals surface area contributed by atoms with Crippen LogP contribution in [0.2, 0.25) is 0 Å². The van der Waals surface area contributed by atoms with Gasteiger partial charge >= 0.3 is 0 Å². The Labute approximate surface area is 134 Å². The molecule has 0 radical (unpaired) electrons. The van der Waals surface area contributed by atoms with Crippen LogP contribution in [-0.2, 0) is 4.79 Å². The second kappa shape index (κ2) is 6.79. The van der Waals surface area contributed by atoms with Crippen molar-refractivity contribution in [2.75, 3.05) is 6.26 Å². The summed E-state index contributed by atoms with van der Waals surface area (Å²) in [6, 6.07) is 18.2.